The van der Waals surface area contributed by atoms with E-state index in [0.29, 0.717) is 29.9 Å². The summed E-state index contributed by atoms with van der Waals surface area (Å²) in [5.41, 5.74) is 0.322. The molecule has 0 saturated carbocycles. The number of hydrogen-bond donors (Lipinski definition) is 1. The molecule has 1 aromatic carbocycles. The van der Waals surface area contributed by atoms with E-state index in [1.165, 1.54) is 24.3 Å². The number of carbonyl (C=O) groups is 2. The van der Waals surface area contributed by atoms with Crippen LogP contribution >= 0.6 is 35.6 Å². The summed E-state index contributed by atoms with van der Waals surface area (Å²) in [5, 5.41) is 20.4. The van der Waals surface area contributed by atoms with Crippen molar-refractivity contribution in [3.8, 4) is 11.3 Å². The molecule has 156 valence electrons. The molecule has 0 radical (unpaired) electrons. The second-order valence-corrected chi connectivity index (χ2v) is 8.40. The van der Waals surface area contributed by atoms with E-state index in [2.05, 4.69) is 0 Å². The molecule has 1 atom stereocenters. The Kier molecular flexibility index (Phi) is 6.59. The molecule has 1 unspecified atom stereocenters. The fraction of sp³-hybridized carbons (Fsp3) is 0.211. The number of hydrogen-bond acceptors (Lipinski definition) is 7. The molecule has 8 nitrogen and oxygen atoms in total. The molecule has 0 bridgehead atoms. The Bertz CT molecular complexity index is 1080. The van der Waals surface area contributed by atoms with Crippen LogP contribution in [0.5, 0.6) is 0 Å². The fourth-order valence-corrected chi connectivity index (χ4v) is 4.51. The van der Waals surface area contributed by atoms with Gasteiger partial charge in [0.05, 0.1) is 14.9 Å². The number of furan rings is 1. The van der Waals surface area contributed by atoms with Crippen LogP contribution in [0, 0.1) is 10.1 Å². The third-order valence-corrected chi connectivity index (χ3v) is 5.95. The predicted molar refractivity (Wildman–Crippen MR) is 117 cm³/mol. The van der Waals surface area contributed by atoms with Crippen molar-refractivity contribution < 1.29 is 24.0 Å². The molecule has 1 fully saturated rings. The minimum absolute atomic E-state index is 0.140. The maximum atomic E-state index is 12.7. The van der Waals surface area contributed by atoms with Crippen LogP contribution in [0.15, 0.2) is 39.7 Å². The van der Waals surface area contributed by atoms with Gasteiger partial charge in [0.1, 0.15) is 21.9 Å². The van der Waals surface area contributed by atoms with E-state index in [1.807, 2.05) is 6.92 Å². The summed E-state index contributed by atoms with van der Waals surface area (Å²) in [6.07, 6.45) is 2.36. The van der Waals surface area contributed by atoms with E-state index in [1.54, 1.807) is 12.1 Å². The molecular weight excluding hydrogens is 452 g/mol. The molecule has 11 heteroatoms. The second-order valence-electron chi connectivity index (χ2n) is 6.32. The number of halogens is 1. The molecule has 1 N–H and O–H groups in total. The molecule has 0 aliphatic carbocycles. The first-order valence-corrected chi connectivity index (χ1v) is 10.4. The van der Waals surface area contributed by atoms with Gasteiger partial charge in [-0.1, -0.05) is 48.9 Å². The normalized spacial score (nSPS) is 16.3. The number of benzene rings is 1. The Labute approximate surface area is 185 Å². The van der Waals surface area contributed by atoms with Crippen molar-refractivity contribution in [3.63, 3.8) is 0 Å². The Morgan fingerprint density at radius 1 is 1.43 bits per heavy atom. The van der Waals surface area contributed by atoms with Gasteiger partial charge in [-0.25, -0.2) is 4.79 Å². The minimum Gasteiger partial charge on any atom is -0.480 e. The molecular formula is C19H15ClN2O6S2. The van der Waals surface area contributed by atoms with E-state index in [9.17, 15) is 24.8 Å². The summed E-state index contributed by atoms with van der Waals surface area (Å²) in [6, 6.07) is 6.24. The van der Waals surface area contributed by atoms with E-state index < -0.39 is 22.8 Å². The van der Waals surface area contributed by atoms with Gasteiger partial charge in [-0.3, -0.25) is 19.8 Å². The summed E-state index contributed by atoms with van der Waals surface area (Å²) in [4.78, 5) is 35.9. The van der Waals surface area contributed by atoms with Crippen LogP contribution in [-0.4, -0.2) is 37.2 Å². The number of thioether (sulfide) groups is 1. The van der Waals surface area contributed by atoms with Crippen molar-refractivity contribution >= 4 is 63.5 Å². The number of nitro benzene ring substituents is 1. The maximum Gasteiger partial charge on any atom is 0.326 e. The summed E-state index contributed by atoms with van der Waals surface area (Å²) >= 11 is 12.3. The van der Waals surface area contributed by atoms with Gasteiger partial charge in [0.2, 0.25) is 0 Å². The average molecular weight is 467 g/mol. The molecule has 1 amide bonds. The summed E-state index contributed by atoms with van der Waals surface area (Å²) in [7, 11) is 0. The lowest BCUT2D eigenvalue weighted by molar-refractivity contribution is -0.384. The largest absolute Gasteiger partial charge is 0.480 e. The van der Waals surface area contributed by atoms with Crippen LogP contribution in [0.2, 0.25) is 5.02 Å². The molecule has 30 heavy (non-hydrogen) atoms. The van der Waals surface area contributed by atoms with E-state index in [4.69, 9.17) is 28.2 Å². The number of carbonyl (C=O) groups excluding carboxylic acids is 1. The first-order valence-electron chi connectivity index (χ1n) is 8.77. The van der Waals surface area contributed by atoms with Crippen LogP contribution in [0.1, 0.15) is 25.5 Å². The van der Waals surface area contributed by atoms with Crippen molar-refractivity contribution in [2.24, 2.45) is 0 Å². The quantitative estimate of drug-likeness (QED) is 0.263. The highest BCUT2D eigenvalue weighted by molar-refractivity contribution is 8.26. The predicted octanol–water partition coefficient (Wildman–Crippen LogP) is 4.96. The van der Waals surface area contributed by atoms with Gasteiger partial charge >= 0.3 is 5.97 Å². The number of non-ortho nitro benzene ring substituents is 1. The van der Waals surface area contributed by atoms with Gasteiger partial charge in [0.15, 0.2) is 0 Å². The lowest BCUT2D eigenvalue weighted by atomic mass is 10.1. The first-order chi connectivity index (χ1) is 14.2. The zero-order valence-corrected chi connectivity index (χ0v) is 17.9. The number of thiocarbonyl (C=S) groups is 1. The lowest BCUT2D eigenvalue weighted by Crippen LogP contribution is -2.43. The monoisotopic (exact) mass is 466 g/mol. The topological polar surface area (TPSA) is 114 Å². The number of amides is 1. The van der Waals surface area contributed by atoms with Crippen molar-refractivity contribution in [3.05, 3.63) is 56.1 Å². The van der Waals surface area contributed by atoms with Crippen molar-refractivity contribution in [2.75, 3.05) is 0 Å². The summed E-state index contributed by atoms with van der Waals surface area (Å²) in [6.45, 7) is 1.83. The molecule has 2 aromatic rings. The van der Waals surface area contributed by atoms with Crippen LogP contribution < -0.4 is 0 Å². The standard InChI is InChI=1S/C19H15ClN2O6S2/c1-2-3-14(18(24)25)21-17(23)16(30-19(21)29)9-11-5-7-15(28-11)12-6-4-10(22(26)27)8-13(12)20/h4-9,14H,2-3H2,1H3,(H,24,25)/b16-9-. The molecule has 0 spiro atoms. The highest BCUT2D eigenvalue weighted by Gasteiger charge is 2.40. The van der Waals surface area contributed by atoms with Crippen molar-refractivity contribution in [1.29, 1.82) is 0 Å². The molecule has 1 aliphatic heterocycles. The Morgan fingerprint density at radius 2 is 2.17 bits per heavy atom. The third-order valence-electron chi connectivity index (χ3n) is 4.31. The van der Waals surface area contributed by atoms with Crippen molar-refractivity contribution in [2.45, 2.75) is 25.8 Å². The number of nitro groups is 1. The van der Waals surface area contributed by atoms with Gasteiger partial charge in [-0.15, -0.1) is 0 Å². The maximum absolute atomic E-state index is 12.7. The molecule has 1 aliphatic rings. The van der Waals surface area contributed by atoms with Crippen LogP contribution in [0.3, 0.4) is 0 Å². The summed E-state index contributed by atoms with van der Waals surface area (Å²) in [5.74, 6) is -0.895. The van der Waals surface area contributed by atoms with Gasteiger partial charge < -0.3 is 9.52 Å². The zero-order valence-electron chi connectivity index (χ0n) is 15.5. The number of carboxylic acid groups (broad SMARTS) is 1. The van der Waals surface area contributed by atoms with Crippen LogP contribution in [0.25, 0.3) is 17.4 Å². The molecule has 1 aromatic heterocycles. The van der Waals surface area contributed by atoms with Gasteiger partial charge in [0.25, 0.3) is 11.6 Å². The second kappa shape index (κ2) is 8.99. The number of carboxylic acids is 1. The lowest BCUT2D eigenvalue weighted by Gasteiger charge is -2.22. The number of aliphatic carboxylic acids is 1. The van der Waals surface area contributed by atoms with Gasteiger partial charge in [-0.2, -0.15) is 0 Å². The molecule has 2 heterocycles. The zero-order chi connectivity index (χ0) is 22.0. The van der Waals surface area contributed by atoms with E-state index in [0.717, 1.165) is 16.7 Å². The first kappa shape index (κ1) is 22.0. The van der Waals surface area contributed by atoms with Crippen LogP contribution in [-0.2, 0) is 9.59 Å². The highest BCUT2D eigenvalue weighted by Crippen LogP contribution is 2.37. The molecule has 1 saturated heterocycles. The molecule has 3 rings (SSSR count). The third kappa shape index (κ3) is 4.40. The van der Waals surface area contributed by atoms with Crippen molar-refractivity contribution in [1.82, 2.24) is 4.90 Å². The van der Waals surface area contributed by atoms with Crippen LogP contribution in [0.4, 0.5) is 5.69 Å². The summed E-state index contributed by atoms with van der Waals surface area (Å²) < 4.78 is 5.89. The van der Waals surface area contributed by atoms with Gasteiger partial charge in [0, 0.05) is 23.8 Å². The van der Waals surface area contributed by atoms with E-state index >= 15 is 0 Å². The Morgan fingerprint density at radius 3 is 2.77 bits per heavy atom. The van der Waals surface area contributed by atoms with E-state index in [-0.39, 0.29) is 19.9 Å². The number of rotatable bonds is 7. The number of nitrogens with zero attached hydrogens (tertiary/aromatic N) is 2. The minimum atomic E-state index is -1.11. The Balaban J connectivity index is 1.86. The average Bonchev–Trinajstić information content (AvgIpc) is 3.24. The van der Waals surface area contributed by atoms with Gasteiger partial charge in [-0.05, 0) is 24.6 Å². The fourth-order valence-electron chi connectivity index (χ4n) is 2.91. The smallest absolute Gasteiger partial charge is 0.326 e. The highest BCUT2D eigenvalue weighted by atomic mass is 35.5. The SMILES string of the molecule is CCCC(C(=O)O)N1C(=O)/C(=C/c2ccc(-c3ccc([N+](=O)[O-])cc3Cl)o2)SC1=S. The Hall–Kier alpha value is -2.69.